The van der Waals surface area contributed by atoms with Gasteiger partial charge in [0.15, 0.2) is 11.6 Å². The van der Waals surface area contributed by atoms with Crippen molar-refractivity contribution in [2.45, 2.75) is 6.54 Å². The van der Waals surface area contributed by atoms with Gasteiger partial charge < -0.3 is 10.4 Å². The van der Waals surface area contributed by atoms with Gasteiger partial charge in [-0.05, 0) is 58.5 Å². The third-order valence-electron chi connectivity index (χ3n) is 2.43. The maximum atomic E-state index is 13.1. The molecule has 2 N–H and O–H groups in total. The molecule has 0 saturated heterocycles. The summed E-state index contributed by atoms with van der Waals surface area (Å²) >= 11 is 8.25. The van der Waals surface area contributed by atoms with E-state index in [0.717, 1.165) is 14.8 Å². The van der Waals surface area contributed by atoms with E-state index in [1.54, 1.807) is 6.07 Å². The third-order valence-corrected chi connectivity index (χ3v) is 3.41. The molecule has 2 rings (SSSR count). The van der Waals surface area contributed by atoms with Crippen LogP contribution >= 0.6 is 34.2 Å². The average molecular weight is 378 g/mol. The van der Waals surface area contributed by atoms with Gasteiger partial charge in [-0.25, -0.2) is 4.39 Å². The van der Waals surface area contributed by atoms with Gasteiger partial charge in [0, 0.05) is 10.1 Å². The molecule has 0 unspecified atom stereocenters. The lowest BCUT2D eigenvalue weighted by molar-refractivity contribution is 0.432. The molecular weight excluding hydrogens is 368 g/mol. The highest BCUT2D eigenvalue weighted by atomic mass is 127. The number of benzene rings is 2. The van der Waals surface area contributed by atoms with Crippen molar-refractivity contribution in [1.82, 2.24) is 0 Å². The molecule has 0 heterocycles. The second-order valence-corrected chi connectivity index (χ2v) is 5.42. The SMILES string of the molecule is Oc1ccc(CNc2ccc(I)cc2Cl)cc1F. The number of hydrogen-bond acceptors (Lipinski definition) is 2. The zero-order chi connectivity index (χ0) is 13.1. The molecule has 18 heavy (non-hydrogen) atoms. The molecule has 2 nitrogen and oxygen atoms in total. The fraction of sp³-hybridized carbons (Fsp3) is 0.0769. The van der Waals surface area contributed by atoms with Gasteiger partial charge in [0.05, 0.1) is 10.7 Å². The van der Waals surface area contributed by atoms with E-state index in [9.17, 15) is 4.39 Å². The molecule has 2 aromatic rings. The minimum atomic E-state index is -0.622. The molecule has 0 fully saturated rings. The Hall–Kier alpha value is -1.01. The summed E-state index contributed by atoms with van der Waals surface area (Å²) in [7, 11) is 0. The van der Waals surface area contributed by atoms with Crippen molar-refractivity contribution < 1.29 is 9.50 Å². The van der Waals surface area contributed by atoms with Crippen molar-refractivity contribution in [3.63, 3.8) is 0 Å². The largest absolute Gasteiger partial charge is 0.505 e. The second-order valence-electron chi connectivity index (χ2n) is 3.76. The standard InChI is InChI=1S/C13H10ClFINO/c14-10-6-9(16)2-3-12(10)17-7-8-1-4-13(18)11(15)5-8/h1-6,17-18H,7H2. The van der Waals surface area contributed by atoms with Crippen molar-refractivity contribution in [2.75, 3.05) is 5.32 Å². The van der Waals surface area contributed by atoms with Crippen molar-refractivity contribution in [2.24, 2.45) is 0 Å². The first-order valence-electron chi connectivity index (χ1n) is 5.22. The van der Waals surface area contributed by atoms with Crippen LogP contribution in [-0.2, 0) is 6.54 Å². The molecule has 0 saturated carbocycles. The Balaban J connectivity index is 2.09. The van der Waals surface area contributed by atoms with Crippen LogP contribution in [0.5, 0.6) is 5.75 Å². The van der Waals surface area contributed by atoms with Gasteiger partial charge >= 0.3 is 0 Å². The first kappa shape index (κ1) is 13.4. The number of aromatic hydroxyl groups is 1. The molecule has 2 aromatic carbocycles. The van der Waals surface area contributed by atoms with Gasteiger partial charge in [0.25, 0.3) is 0 Å². The van der Waals surface area contributed by atoms with Crippen LogP contribution in [0.4, 0.5) is 10.1 Å². The molecule has 0 amide bonds. The Labute approximate surface area is 123 Å². The number of rotatable bonds is 3. The van der Waals surface area contributed by atoms with E-state index in [-0.39, 0.29) is 5.75 Å². The van der Waals surface area contributed by atoms with E-state index in [1.807, 2.05) is 18.2 Å². The summed E-state index contributed by atoms with van der Waals surface area (Å²) in [4.78, 5) is 0. The highest BCUT2D eigenvalue weighted by Gasteiger charge is 2.03. The van der Waals surface area contributed by atoms with E-state index < -0.39 is 5.82 Å². The maximum absolute atomic E-state index is 13.1. The van der Waals surface area contributed by atoms with Crippen LogP contribution in [0.2, 0.25) is 5.02 Å². The van der Waals surface area contributed by atoms with Crippen LogP contribution in [0.25, 0.3) is 0 Å². The molecular formula is C13H10ClFINO. The predicted molar refractivity (Wildman–Crippen MR) is 79.6 cm³/mol. The molecule has 0 spiro atoms. The Morgan fingerprint density at radius 1 is 1.22 bits per heavy atom. The molecule has 0 aliphatic heterocycles. The van der Waals surface area contributed by atoms with Gasteiger partial charge in [-0.1, -0.05) is 17.7 Å². The zero-order valence-corrected chi connectivity index (χ0v) is 12.2. The molecule has 0 atom stereocenters. The van der Waals surface area contributed by atoms with Crippen LogP contribution in [-0.4, -0.2) is 5.11 Å². The lowest BCUT2D eigenvalue weighted by Crippen LogP contribution is -2.00. The fourth-order valence-electron chi connectivity index (χ4n) is 1.49. The molecule has 0 radical (unpaired) electrons. The molecule has 5 heteroatoms. The third kappa shape index (κ3) is 3.26. The predicted octanol–water partition coefficient (Wildman–Crippen LogP) is 4.40. The Bertz CT molecular complexity index is 577. The molecule has 0 aliphatic rings. The number of halogens is 3. The average Bonchev–Trinajstić information content (AvgIpc) is 2.32. The van der Waals surface area contributed by atoms with Crippen LogP contribution in [0.15, 0.2) is 36.4 Å². The smallest absolute Gasteiger partial charge is 0.165 e. The molecule has 0 bridgehead atoms. The summed E-state index contributed by atoms with van der Waals surface area (Å²) in [6.07, 6.45) is 0. The van der Waals surface area contributed by atoms with Gasteiger partial charge in [0.1, 0.15) is 0 Å². The van der Waals surface area contributed by atoms with Crippen molar-refractivity contribution >= 4 is 39.9 Å². The molecule has 0 aliphatic carbocycles. The first-order valence-corrected chi connectivity index (χ1v) is 6.68. The van der Waals surface area contributed by atoms with Gasteiger partial charge in [-0.15, -0.1) is 0 Å². The van der Waals surface area contributed by atoms with Crippen LogP contribution in [0.1, 0.15) is 5.56 Å². The van der Waals surface area contributed by atoms with Gasteiger partial charge in [-0.2, -0.15) is 0 Å². The molecule has 94 valence electrons. The maximum Gasteiger partial charge on any atom is 0.165 e. The zero-order valence-electron chi connectivity index (χ0n) is 9.25. The minimum absolute atomic E-state index is 0.342. The van der Waals surface area contributed by atoms with Crippen LogP contribution < -0.4 is 5.32 Å². The molecule has 0 aromatic heterocycles. The summed E-state index contributed by atoms with van der Waals surface area (Å²) in [5.74, 6) is -0.964. The second kappa shape index (κ2) is 5.75. The van der Waals surface area contributed by atoms with E-state index >= 15 is 0 Å². The monoisotopic (exact) mass is 377 g/mol. The summed E-state index contributed by atoms with van der Waals surface area (Å²) in [5.41, 5.74) is 1.53. The summed E-state index contributed by atoms with van der Waals surface area (Å²) in [6.45, 7) is 0.442. The number of phenols is 1. The van der Waals surface area contributed by atoms with E-state index in [2.05, 4.69) is 27.9 Å². The quantitative estimate of drug-likeness (QED) is 0.777. The number of phenolic OH excluding ortho intramolecular Hbond substituents is 1. The fourth-order valence-corrected chi connectivity index (χ4v) is 2.41. The van der Waals surface area contributed by atoms with Crippen LogP contribution in [0.3, 0.4) is 0 Å². The normalized spacial score (nSPS) is 10.4. The van der Waals surface area contributed by atoms with Gasteiger partial charge in [0.2, 0.25) is 0 Å². The van der Waals surface area contributed by atoms with Gasteiger partial charge in [-0.3, -0.25) is 0 Å². The van der Waals surface area contributed by atoms with E-state index in [1.165, 1.54) is 12.1 Å². The van der Waals surface area contributed by atoms with Crippen molar-refractivity contribution in [1.29, 1.82) is 0 Å². The highest BCUT2D eigenvalue weighted by molar-refractivity contribution is 14.1. The summed E-state index contributed by atoms with van der Waals surface area (Å²) in [5, 5.41) is 12.8. The lowest BCUT2D eigenvalue weighted by atomic mass is 10.2. The van der Waals surface area contributed by atoms with Crippen molar-refractivity contribution in [3.05, 3.63) is 56.4 Å². The number of hydrogen-bond donors (Lipinski definition) is 2. The Morgan fingerprint density at radius 2 is 2.00 bits per heavy atom. The highest BCUT2D eigenvalue weighted by Crippen LogP contribution is 2.24. The lowest BCUT2D eigenvalue weighted by Gasteiger charge is -2.09. The summed E-state index contributed by atoms with van der Waals surface area (Å²) < 4.78 is 14.2. The number of nitrogens with one attached hydrogen (secondary N) is 1. The number of anilines is 1. The first-order chi connectivity index (χ1) is 8.56. The van der Waals surface area contributed by atoms with E-state index in [0.29, 0.717) is 11.6 Å². The minimum Gasteiger partial charge on any atom is -0.505 e. The Kier molecular flexibility index (Phi) is 4.29. The topological polar surface area (TPSA) is 32.3 Å². The van der Waals surface area contributed by atoms with Crippen LogP contribution in [0, 0.1) is 9.39 Å². The van der Waals surface area contributed by atoms with Crippen molar-refractivity contribution in [3.8, 4) is 5.75 Å². The van der Waals surface area contributed by atoms with E-state index in [4.69, 9.17) is 16.7 Å². The summed E-state index contributed by atoms with van der Waals surface area (Å²) in [6, 6.07) is 9.95. The Morgan fingerprint density at radius 3 is 2.67 bits per heavy atom.